The topological polar surface area (TPSA) is 82.2 Å². The molecule has 1 aliphatic carbocycles. The third-order valence-corrected chi connectivity index (χ3v) is 6.74. The zero-order valence-electron chi connectivity index (χ0n) is 16.5. The van der Waals surface area contributed by atoms with Crippen LogP contribution in [0, 0.1) is 0 Å². The van der Waals surface area contributed by atoms with Crippen LogP contribution >= 0.6 is 31.9 Å². The number of hydrogen-bond donors (Lipinski definition) is 2. The average molecular weight is 552 g/mol. The van der Waals surface area contributed by atoms with Crippen molar-refractivity contribution in [3.63, 3.8) is 0 Å². The monoisotopic (exact) mass is 550 g/mol. The van der Waals surface area contributed by atoms with E-state index < -0.39 is 6.04 Å². The second-order valence-electron chi connectivity index (χ2n) is 7.57. The Labute approximate surface area is 201 Å². The van der Waals surface area contributed by atoms with Gasteiger partial charge in [-0.25, -0.2) is 0 Å². The van der Waals surface area contributed by atoms with Crippen LogP contribution in [0.5, 0.6) is 5.75 Å². The van der Waals surface area contributed by atoms with E-state index in [1.807, 2.05) is 42.5 Å². The first-order valence-corrected chi connectivity index (χ1v) is 11.5. The molecule has 3 aromatic carbocycles. The van der Waals surface area contributed by atoms with Crippen molar-refractivity contribution >= 4 is 43.4 Å². The van der Waals surface area contributed by atoms with Crippen molar-refractivity contribution < 1.29 is 15.0 Å². The number of allylic oxidation sites excluding steroid dienone is 1. The lowest BCUT2D eigenvalue weighted by Crippen LogP contribution is -2.13. The van der Waals surface area contributed by atoms with Crippen molar-refractivity contribution in [1.29, 1.82) is 0 Å². The number of aliphatic hydroxyl groups is 1. The summed E-state index contributed by atoms with van der Waals surface area (Å²) in [7, 11) is 0. The molecule has 0 aromatic heterocycles. The van der Waals surface area contributed by atoms with Crippen LogP contribution in [0.15, 0.2) is 103 Å². The quantitative estimate of drug-likeness (QED) is 0.359. The van der Waals surface area contributed by atoms with Crippen molar-refractivity contribution in [3.05, 3.63) is 115 Å². The summed E-state index contributed by atoms with van der Waals surface area (Å²) in [6.07, 6.45) is 1.84. The van der Waals surface area contributed by atoms with E-state index in [0.717, 1.165) is 10.0 Å². The normalized spacial score (nSPS) is 19.8. The number of fused-ring (bicyclic) bond motifs is 1. The molecule has 5 nitrogen and oxygen atoms in total. The molecule has 0 saturated carbocycles. The third-order valence-electron chi connectivity index (χ3n) is 5.68. The number of phenols is 1. The summed E-state index contributed by atoms with van der Waals surface area (Å²) in [6, 6.07) is 19.7. The molecule has 158 valence electrons. The summed E-state index contributed by atoms with van der Waals surface area (Å²) >= 11 is 6.86. The van der Waals surface area contributed by atoms with E-state index in [1.165, 1.54) is 0 Å². The fourth-order valence-electron chi connectivity index (χ4n) is 4.15. The van der Waals surface area contributed by atoms with Crippen LogP contribution in [-0.4, -0.2) is 16.0 Å². The highest BCUT2D eigenvalue weighted by molar-refractivity contribution is 9.11. The zero-order chi connectivity index (χ0) is 22.4. The molecule has 0 fully saturated rings. The van der Waals surface area contributed by atoms with Gasteiger partial charge in [-0.05, 0) is 39.7 Å². The van der Waals surface area contributed by atoms with Gasteiger partial charge in [0, 0.05) is 27.1 Å². The molecule has 7 heteroatoms. The average Bonchev–Trinajstić information content (AvgIpc) is 3.07. The molecule has 0 radical (unpaired) electrons. The van der Waals surface area contributed by atoms with Crippen molar-refractivity contribution in [2.24, 2.45) is 10.2 Å². The Balaban J connectivity index is 1.64. The maximum atomic E-state index is 13.0. The van der Waals surface area contributed by atoms with Crippen molar-refractivity contribution in [3.8, 4) is 5.75 Å². The summed E-state index contributed by atoms with van der Waals surface area (Å²) in [6.45, 7) is 0. The number of phenolic OH excluding ortho intramolecular Hbond substituents is 1. The Hall–Kier alpha value is -3.03. The number of azo groups is 1. The third kappa shape index (κ3) is 3.42. The minimum atomic E-state index is -0.517. The van der Waals surface area contributed by atoms with E-state index in [2.05, 4.69) is 42.1 Å². The Morgan fingerprint density at radius 1 is 0.875 bits per heavy atom. The predicted octanol–water partition coefficient (Wildman–Crippen LogP) is 7.26. The number of carbonyl (C=O) groups excluding carboxylic acids is 1. The molecule has 5 rings (SSSR count). The number of carbonyl (C=O) groups is 1. The van der Waals surface area contributed by atoms with E-state index in [-0.39, 0.29) is 28.8 Å². The number of rotatable bonds is 3. The molecule has 0 amide bonds. The molecule has 0 unspecified atom stereocenters. The van der Waals surface area contributed by atoms with E-state index in [1.54, 1.807) is 30.3 Å². The highest BCUT2D eigenvalue weighted by Crippen LogP contribution is 2.47. The predicted molar refractivity (Wildman–Crippen MR) is 129 cm³/mol. The van der Waals surface area contributed by atoms with E-state index in [4.69, 9.17) is 0 Å². The SMILES string of the molecule is O=C1C(C2=C[C@H](c3ccccc3)[C@@H](c3cc(Br)cc(Br)c3O)N=N2)=C(O)c2ccccc21. The van der Waals surface area contributed by atoms with Crippen LogP contribution in [0.4, 0.5) is 0 Å². The van der Waals surface area contributed by atoms with Crippen molar-refractivity contribution in [2.75, 3.05) is 0 Å². The van der Waals surface area contributed by atoms with Gasteiger partial charge in [0.1, 0.15) is 17.6 Å². The van der Waals surface area contributed by atoms with Gasteiger partial charge < -0.3 is 10.2 Å². The molecule has 3 aromatic rings. The van der Waals surface area contributed by atoms with Crippen molar-refractivity contribution in [1.82, 2.24) is 0 Å². The highest BCUT2D eigenvalue weighted by Gasteiger charge is 2.36. The molecule has 1 heterocycles. The number of Topliss-reactive ketones (excluding diaryl/α,β-unsaturated/α-hetero) is 1. The van der Waals surface area contributed by atoms with Gasteiger partial charge in [0.25, 0.3) is 0 Å². The van der Waals surface area contributed by atoms with E-state index in [0.29, 0.717) is 26.9 Å². The van der Waals surface area contributed by atoms with E-state index >= 15 is 0 Å². The van der Waals surface area contributed by atoms with E-state index in [9.17, 15) is 15.0 Å². The summed E-state index contributed by atoms with van der Waals surface area (Å²) in [5.41, 5.74) is 2.96. The molecule has 0 saturated heterocycles. The van der Waals surface area contributed by atoms with Gasteiger partial charge in [0.05, 0.1) is 15.7 Å². The number of halogens is 2. The standard InChI is InChI=1S/C25H16Br2N2O3/c26-14-10-18(23(30)19(27)11-14)22-17(13-6-2-1-3-7-13)12-20(28-29-22)21-24(31)15-8-4-5-9-16(15)25(21)32/h1-12,17,22,30-31H/t17-,22+/m1/s1. The molecular formula is C25H16Br2N2O3. The van der Waals surface area contributed by atoms with Crippen LogP contribution in [0.2, 0.25) is 0 Å². The molecular weight excluding hydrogens is 536 g/mol. The largest absolute Gasteiger partial charge is 0.506 e. The van der Waals surface area contributed by atoms with Crippen LogP contribution in [-0.2, 0) is 0 Å². The molecule has 0 bridgehead atoms. The first-order valence-electron chi connectivity index (χ1n) is 9.89. The maximum Gasteiger partial charge on any atom is 0.199 e. The minimum Gasteiger partial charge on any atom is -0.506 e. The number of benzene rings is 3. The second-order valence-corrected chi connectivity index (χ2v) is 9.34. The first kappa shape index (κ1) is 20.8. The van der Waals surface area contributed by atoms with Gasteiger partial charge in [-0.15, -0.1) is 0 Å². The molecule has 2 aliphatic rings. The number of ketones is 1. The smallest absolute Gasteiger partial charge is 0.199 e. The fraction of sp³-hybridized carbons (Fsp3) is 0.0800. The Bertz CT molecular complexity index is 1350. The van der Waals surface area contributed by atoms with Crippen LogP contribution < -0.4 is 0 Å². The Kier molecular flexibility index (Phi) is 5.31. The van der Waals surface area contributed by atoms with Gasteiger partial charge in [-0.1, -0.05) is 70.5 Å². The van der Waals surface area contributed by atoms with Gasteiger partial charge in [-0.3, -0.25) is 4.79 Å². The molecule has 1 aliphatic heterocycles. The first-order chi connectivity index (χ1) is 15.5. The lowest BCUT2D eigenvalue weighted by molar-refractivity contribution is 0.103. The highest BCUT2D eigenvalue weighted by atomic mass is 79.9. The summed E-state index contributed by atoms with van der Waals surface area (Å²) in [4.78, 5) is 13.0. The number of hydrogen-bond acceptors (Lipinski definition) is 5. The Morgan fingerprint density at radius 2 is 1.56 bits per heavy atom. The summed E-state index contributed by atoms with van der Waals surface area (Å²) in [5.74, 6) is -0.593. The zero-order valence-corrected chi connectivity index (χ0v) is 19.7. The van der Waals surface area contributed by atoms with Gasteiger partial charge >= 0.3 is 0 Å². The molecule has 2 atom stereocenters. The minimum absolute atomic E-state index is 0.0846. The number of aromatic hydroxyl groups is 1. The number of nitrogens with zero attached hydrogens (tertiary/aromatic N) is 2. The number of aliphatic hydroxyl groups excluding tert-OH is 1. The summed E-state index contributed by atoms with van der Waals surface area (Å²) in [5, 5.41) is 30.4. The fourth-order valence-corrected chi connectivity index (χ4v) is 5.41. The maximum absolute atomic E-state index is 13.0. The van der Waals surface area contributed by atoms with Crippen LogP contribution in [0.1, 0.15) is 39.0 Å². The second kappa shape index (κ2) is 8.15. The van der Waals surface area contributed by atoms with Gasteiger partial charge in [-0.2, -0.15) is 10.2 Å². The van der Waals surface area contributed by atoms with Crippen molar-refractivity contribution in [2.45, 2.75) is 12.0 Å². The lowest BCUT2D eigenvalue weighted by Gasteiger charge is -2.26. The molecule has 0 spiro atoms. The summed E-state index contributed by atoms with van der Waals surface area (Å²) < 4.78 is 1.33. The lowest BCUT2D eigenvalue weighted by atomic mass is 9.85. The van der Waals surface area contributed by atoms with Crippen LogP contribution in [0.25, 0.3) is 5.76 Å². The van der Waals surface area contributed by atoms with Gasteiger partial charge in [0.2, 0.25) is 0 Å². The Morgan fingerprint density at radius 3 is 2.28 bits per heavy atom. The molecule has 2 N–H and O–H groups in total. The van der Waals surface area contributed by atoms with Crippen LogP contribution in [0.3, 0.4) is 0 Å². The van der Waals surface area contributed by atoms with Gasteiger partial charge in [0.15, 0.2) is 5.78 Å². The molecule has 32 heavy (non-hydrogen) atoms.